The van der Waals surface area contributed by atoms with Crippen LogP contribution in [0.5, 0.6) is 5.75 Å². The first-order valence-corrected chi connectivity index (χ1v) is 6.39. The summed E-state index contributed by atoms with van der Waals surface area (Å²) in [6.45, 7) is 3.14. The maximum absolute atomic E-state index is 12.0. The lowest BCUT2D eigenvalue weighted by molar-refractivity contribution is 0.0919. The zero-order valence-corrected chi connectivity index (χ0v) is 10.5. The standard InChI is InChI=1S/C12H14ClN3O2/c13-8-3-9(14-4-11(8)17)12(18)15-10-6-16-2-1-7(10)5-16/h3-4,7,10,17H,1-2,5-6H2,(H,15,18)/t7-,10?/m0/s1. The van der Waals surface area contributed by atoms with Gasteiger partial charge in [-0.05, 0) is 24.9 Å². The molecular weight excluding hydrogens is 254 g/mol. The molecule has 96 valence electrons. The van der Waals surface area contributed by atoms with Crippen LogP contribution in [0.1, 0.15) is 16.9 Å². The average molecular weight is 268 g/mol. The van der Waals surface area contributed by atoms with Crippen molar-refractivity contribution >= 4 is 17.5 Å². The van der Waals surface area contributed by atoms with Crippen LogP contribution >= 0.6 is 11.6 Å². The fourth-order valence-electron chi connectivity index (χ4n) is 2.74. The molecule has 1 aromatic heterocycles. The van der Waals surface area contributed by atoms with E-state index in [4.69, 9.17) is 11.6 Å². The molecule has 5 nitrogen and oxygen atoms in total. The Balaban J connectivity index is 1.69. The van der Waals surface area contributed by atoms with E-state index in [-0.39, 0.29) is 28.4 Å². The van der Waals surface area contributed by atoms with Gasteiger partial charge in [0.05, 0.1) is 11.2 Å². The van der Waals surface area contributed by atoms with Crippen molar-refractivity contribution in [3.05, 3.63) is 23.0 Å². The highest BCUT2D eigenvalue weighted by molar-refractivity contribution is 6.32. The van der Waals surface area contributed by atoms with E-state index in [0.717, 1.165) is 26.1 Å². The summed E-state index contributed by atoms with van der Waals surface area (Å²) in [4.78, 5) is 18.2. The Kier molecular flexibility index (Phi) is 2.87. The maximum Gasteiger partial charge on any atom is 0.270 e. The van der Waals surface area contributed by atoms with Crippen molar-refractivity contribution in [1.82, 2.24) is 15.2 Å². The number of amides is 1. The Morgan fingerprint density at radius 1 is 1.56 bits per heavy atom. The maximum atomic E-state index is 12.0. The van der Waals surface area contributed by atoms with Gasteiger partial charge in [0.15, 0.2) is 5.75 Å². The van der Waals surface area contributed by atoms with Gasteiger partial charge in [0, 0.05) is 19.1 Å². The third kappa shape index (κ3) is 2.04. The van der Waals surface area contributed by atoms with E-state index in [1.807, 2.05) is 0 Å². The molecular formula is C12H14ClN3O2. The van der Waals surface area contributed by atoms with Crippen molar-refractivity contribution in [2.75, 3.05) is 19.6 Å². The molecule has 0 saturated carbocycles. The lowest BCUT2D eigenvalue weighted by Crippen LogP contribution is -2.43. The molecule has 1 aromatic rings. The lowest BCUT2D eigenvalue weighted by Gasteiger charge is -2.22. The van der Waals surface area contributed by atoms with Crippen LogP contribution < -0.4 is 5.32 Å². The number of hydrogen-bond acceptors (Lipinski definition) is 4. The van der Waals surface area contributed by atoms with Gasteiger partial charge in [-0.2, -0.15) is 0 Å². The van der Waals surface area contributed by atoms with Gasteiger partial charge in [-0.15, -0.1) is 0 Å². The van der Waals surface area contributed by atoms with Gasteiger partial charge in [-0.1, -0.05) is 11.6 Å². The van der Waals surface area contributed by atoms with Crippen LogP contribution in [0.25, 0.3) is 0 Å². The predicted molar refractivity (Wildman–Crippen MR) is 66.7 cm³/mol. The highest BCUT2D eigenvalue weighted by Crippen LogP contribution is 2.28. The molecule has 2 bridgehead atoms. The summed E-state index contributed by atoms with van der Waals surface area (Å²) in [5, 5.41) is 12.4. The number of carbonyl (C=O) groups excluding carboxylic acids is 1. The fourth-order valence-corrected chi connectivity index (χ4v) is 2.89. The molecule has 1 amide bonds. The van der Waals surface area contributed by atoms with Gasteiger partial charge in [0.1, 0.15) is 5.69 Å². The highest BCUT2D eigenvalue weighted by Gasteiger charge is 2.38. The second-order valence-corrected chi connectivity index (χ2v) is 5.32. The number of nitrogens with zero attached hydrogens (tertiary/aromatic N) is 2. The molecule has 3 rings (SSSR count). The summed E-state index contributed by atoms with van der Waals surface area (Å²) in [6.07, 6.45) is 2.34. The van der Waals surface area contributed by atoms with E-state index in [9.17, 15) is 9.90 Å². The second kappa shape index (κ2) is 4.40. The average Bonchev–Trinajstić information content (AvgIpc) is 2.94. The van der Waals surface area contributed by atoms with E-state index in [2.05, 4.69) is 15.2 Å². The normalized spacial score (nSPS) is 29.5. The van der Waals surface area contributed by atoms with Gasteiger partial charge in [0.25, 0.3) is 5.91 Å². The van der Waals surface area contributed by atoms with Crippen molar-refractivity contribution < 1.29 is 9.90 Å². The third-order valence-corrected chi connectivity index (χ3v) is 4.02. The van der Waals surface area contributed by atoms with E-state index < -0.39 is 0 Å². The van der Waals surface area contributed by atoms with Gasteiger partial charge >= 0.3 is 0 Å². The van der Waals surface area contributed by atoms with Crippen LogP contribution in [-0.2, 0) is 0 Å². The topological polar surface area (TPSA) is 65.5 Å². The molecule has 0 aliphatic carbocycles. The first-order chi connectivity index (χ1) is 8.63. The van der Waals surface area contributed by atoms with Crippen LogP contribution in [0.2, 0.25) is 5.02 Å². The summed E-state index contributed by atoms with van der Waals surface area (Å²) in [5.74, 6) is 0.219. The van der Waals surface area contributed by atoms with Crippen molar-refractivity contribution in [2.24, 2.45) is 5.92 Å². The second-order valence-electron chi connectivity index (χ2n) is 4.91. The van der Waals surface area contributed by atoms with E-state index in [1.54, 1.807) is 0 Å². The molecule has 3 heterocycles. The SMILES string of the molecule is O=C(NC1CN2CC[C@H]1C2)c1cc(Cl)c(O)cn1. The smallest absolute Gasteiger partial charge is 0.270 e. The summed E-state index contributed by atoms with van der Waals surface area (Å²) in [5.41, 5.74) is 0.246. The van der Waals surface area contributed by atoms with E-state index in [1.165, 1.54) is 12.3 Å². The van der Waals surface area contributed by atoms with Crippen molar-refractivity contribution in [1.29, 1.82) is 0 Å². The number of fused-ring (bicyclic) bond motifs is 2. The lowest BCUT2D eigenvalue weighted by atomic mass is 10.00. The van der Waals surface area contributed by atoms with E-state index >= 15 is 0 Å². The number of carbonyl (C=O) groups is 1. The minimum Gasteiger partial charge on any atom is -0.505 e. The largest absolute Gasteiger partial charge is 0.505 e. The fraction of sp³-hybridized carbons (Fsp3) is 0.500. The van der Waals surface area contributed by atoms with Crippen molar-refractivity contribution in [3.8, 4) is 5.75 Å². The zero-order chi connectivity index (χ0) is 12.7. The van der Waals surface area contributed by atoms with Crippen LogP contribution in [0.4, 0.5) is 0 Å². The number of rotatable bonds is 2. The number of nitrogens with one attached hydrogen (secondary N) is 1. The van der Waals surface area contributed by atoms with Gasteiger partial charge < -0.3 is 15.3 Å². The number of halogens is 1. The number of piperidine rings is 1. The molecule has 3 atom stereocenters. The minimum absolute atomic E-state index is 0.112. The molecule has 0 aromatic carbocycles. The molecule has 2 aliphatic heterocycles. The number of pyridine rings is 1. The van der Waals surface area contributed by atoms with Gasteiger partial charge in [-0.3, -0.25) is 4.79 Å². The van der Waals surface area contributed by atoms with Crippen LogP contribution in [0.3, 0.4) is 0 Å². The Morgan fingerprint density at radius 2 is 2.39 bits per heavy atom. The number of aromatic nitrogens is 1. The molecule has 2 unspecified atom stereocenters. The van der Waals surface area contributed by atoms with Crippen molar-refractivity contribution in [2.45, 2.75) is 12.5 Å². The first kappa shape index (κ1) is 11.7. The summed E-state index contributed by atoms with van der Waals surface area (Å²) in [7, 11) is 0. The molecule has 0 spiro atoms. The molecule has 2 aliphatic rings. The summed E-state index contributed by atoms with van der Waals surface area (Å²) >= 11 is 5.76. The Hall–Kier alpha value is -1.33. The highest BCUT2D eigenvalue weighted by atomic mass is 35.5. The van der Waals surface area contributed by atoms with Crippen LogP contribution in [-0.4, -0.2) is 46.6 Å². The quantitative estimate of drug-likeness (QED) is 0.835. The zero-order valence-electron chi connectivity index (χ0n) is 9.77. The summed E-state index contributed by atoms with van der Waals surface area (Å²) in [6, 6.07) is 1.60. The summed E-state index contributed by atoms with van der Waals surface area (Å²) < 4.78 is 0. The molecule has 18 heavy (non-hydrogen) atoms. The molecule has 0 radical (unpaired) electrons. The first-order valence-electron chi connectivity index (χ1n) is 6.01. The van der Waals surface area contributed by atoms with Crippen molar-refractivity contribution in [3.63, 3.8) is 0 Å². The van der Waals surface area contributed by atoms with Gasteiger partial charge in [0.2, 0.25) is 0 Å². The Bertz CT molecular complexity index is 494. The molecule has 2 fully saturated rings. The third-order valence-electron chi connectivity index (χ3n) is 3.72. The van der Waals surface area contributed by atoms with Gasteiger partial charge in [-0.25, -0.2) is 4.98 Å². The predicted octanol–water partition coefficient (Wildman–Crippen LogP) is 0.874. The van der Waals surface area contributed by atoms with E-state index in [0.29, 0.717) is 5.92 Å². The monoisotopic (exact) mass is 267 g/mol. The van der Waals surface area contributed by atoms with Crippen LogP contribution in [0.15, 0.2) is 12.3 Å². The number of aromatic hydroxyl groups is 1. The Labute approximate surface area is 110 Å². The molecule has 2 N–H and O–H groups in total. The molecule has 2 saturated heterocycles. The minimum atomic E-state index is -0.226. The number of hydrogen-bond donors (Lipinski definition) is 2. The van der Waals surface area contributed by atoms with Crippen LogP contribution in [0, 0.1) is 5.92 Å². The molecule has 6 heteroatoms. The Morgan fingerprint density at radius 3 is 3.00 bits per heavy atom.